The number of carbonyl (C=O) groups excluding carboxylic acids is 2. The lowest BCUT2D eigenvalue weighted by Crippen LogP contribution is -2.55. The summed E-state index contributed by atoms with van der Waals surface area (Å²) >= 11 is 9.60. The first-order valence-electron chi connectivity index (χ1n) is 16.4. The lowest BCUT2D eigenvalue weighted by atomic mass is 9.94. The monoisotopic (exact) mass is 765 g/mol. The van der Waals surface area contributed by atoms with Crippen molar-refractivity contribution in [1.29, 1.82) is 0 Å². The third kappa shape index (κ3) is 9.44. The number of hydrogen-bond donors (Lipinski definition) is 1. The molecular weight excluding hydrogens is 726 g/mol. The van der Waals surface area contributed by atoms with Crippen LogP contribution in [0.2, 0.25) is 5.02 Å². The summed E-state index contributed by atoms with van der Waals surface area (Å²) < 4.78 is 35.6. The molecule has 0 bridgehead atoms. The van der Waals surface area contributed by atoms with E-state index in [1.807, 2.05) is 49.4 Å². The third-order valence-corrected chi connectivity index (χ3v) is 11.4. The number of aryl methyl sites for hydroxylation is 1. The maximum atomic E-state index is 14.7. The normalized spacial score (nSPS) is 14.1. The van der Waals surface area contributed by atoms with Gasteiger partial charge in [0, 0.05) is 24.0 Å². The molecule has 0 radical (unpaired) electrons. The van der Waals surface area contributed by atoms with Gasteiger partial charge in [0.15, 0.2) is 0 Å². The largest absolute Gasteiger partial charge is 0.496 e. The third-order valence-electron chi connectivity index (χ3n) is 8.80. The van der Waals surface area contributed by atoms with Gasteiger partial charge < -0.3 is 15.0 Å². The number of hydrogen-bond acceptors (Lipinski definition) is 5. The Labute approximate surface area is 302 Å². The molecular formula is C38H41BrClN3O5S. The summed E-state index contributed by atoms with van der Waals surface area (Å²) in [6, 6.07) is 27.2. The molecule has 0 aliphatic heterocycles. The topological polar surface area (TPSA) is 96.0 Å². The number of halogens is 2. The number of benzene rings is 4. The van der Waals surface area contributed by atoms with Gasteiger partial charge in [-0.15, -0.1) is 0 Å². The number of amides is 2. The summed E-state index contributed by atoms with van der Waals surface area (Å²) in [4.78, 5) is 30.5. The second kappa shape index (κ2) is 16.7. The molecule has 8 nitrogen and oxygen atoms in total. The number of carbonyl (C=O) groups is 2. The molecule has 1 fully saturated rings. The smallest absolute Gasteiger partial charge is 0.264 e. The summed E-state index contributed by atoms with van der Waals surface area (Å²) in [6.07, 6.45) is 5.22. The summed E-state index contributed by atoms with van der Waals surface area (Å²) in [5, 5.41) is 3.77. The number of sulfonamides is 1. The van der Waals surface area contributed by atoms with Gasteiger partial charge in [0.1, 0.15) is 18.3 Å². The number of nitrogens with zero attached hydrogens (tertiary/aromatic N) is 2. The van der Waals surface area contributed by atoms with Crippen molar-refractivity contribution in [3.05, 3.63) is 123 Å². The summed E-state index contributed by atoms with van der Waals surface area (Å²) in [7, 11) is -2.77. The molecule has 258 valence electrons. The Balaban J connectivity index is 1.57. The fourth-order valence-electron chi connectivity index (χ4n) is 6.06. The van der Waals surface area contributed by atoms with Crippen molar-refractivity contribution in [3.63, 3.8) is 0 Å². The van der Waals surface area contributed by atoms with Crippen LogP contribution in [0, 0.1) is 6.92 Å². The average Bonchev–Trinajstić information content (AvgIpc) is 3.10. The molecule has 1 aliphatic carbocycles. The van der Waals surface area contributed by atoms with Crippen LogP contribution in [0.15, 0.2) is 106 Å². The van der Waals surface area contributed by atoms with Crippen LogP contribution in [-0.2, 0) is 32.6 Å². The zero-order valence-corrected chi connectivity index (χ0v) is 30.8. The van der Waals surface area contributed by atoms with Crippen molar-refractivity contribution in [1.82, 2.24) is 10.2 Å². The minimum atomic E-state index is -4.27. The highest BCUT2D eigenvalue weighted by molar-refractivity contribution is 9.10. The van der Waals surface area contributed by atoms with E-state index in [9.17, 15) is 18.0 Å². The standard InChI is InChI=1S/C38H41BrClN3O5S/c1-27-13-19-32(20-14-27)43(49(46,47)33-21-22-36(48-2)34(39)24-33)26-37(44)42(25-29-15-17-30(40)18-16-29)35(23-28-9-5-3-6-10-28)38(45)41-31-11-7-4-8-12-31/h3,5-6,9-10,13-22,24,31,35H,4,7-8,11-12,23,25-26H2,1-2H3,(H,41,45)/t35-/m0/s1. The maximum absolute atomic E-state index is 14.7. The Kier molecular flexibility index (Phi) is 12.4. The number of anilines is 1. The molecule has 5 rings (SSSR count). The first-order chi connectivity index (χ1) is 23.5. The number of methoxy groups -OCH3 is 1. The van der Waals surface area contributed by atoms with Gasteiger partial charge in [0.2, 0.25) is 11.8 Å². The molecule has 4 aromatic rings. The van der Waals surface area contributed by atoms with E-state index in [-0.39, 0.29) is 29.8 Å². The maximum Gasteiger partial charge on any atom is 0.264 e. The average molecular weight is 767 g/mol. The van der Waals surface area contributed by atoms with Gasteiger partial charge in [-0.2, -0.15) is 0 Å². The first-order valence-corrected chi connectivity index (χ1v) is 19.0. The molecule has 0 saturated heterocycles. The molecule has 0 spiro atoms. The lowest BCUT2D eigenvalue weighted by Gasteiger charge is -2.35. The quantitative estimate of drug-likeness (QED) is 0.151. The van der Waals surface area contributed by atoms with Gasteiger partial charge in [0.25, 0.3) is 10.0 Å². The van der Waals surface area contributed by atoms with Crippen molar-refractivity contribution >= 4 is 55.1 Å². The number of rotatable bonds is 13. The van der Waals surface area contributed by atoms with Crippen LogP contribution in [0.3, 0.4) is 0 Å². The van der Waals surface area contributed by atoms with Crippen LogP contribution < -0.4 is 14.4 Å². The molecule has 0 unspecified atom stereocenters. The van der Waals surface area contributed by atoms with Crippen molar-refractivity contribution in [2.45, 2.75) is 69.0 Å². The van der Waals surface area contributed by atoms with Gasteiger partial charge in [-0.05, 0) is 89.3 Å². The Morgan fingerprint density at radius 1 is 0.918 bits per heavy atom. The predicted octanol–water partition coefficient (Wildman–Crippen LogP) is 7.70. The zero-order valence-electron chi connectivity index (χ0n) is 27.6. The molecule has 4 aromatic carbocycles. The van der Waals surface area contributed by atoms with Crippen LogP contribution in [0.4, 0.5) is 5.69 Å². The number of nitrogens with one attached hydrogen (secondary N) is 1. The van der Waals surface area contributed by atoms with Crippen molar-refractivity contribution in [3.8, 4) is 5.75 Å². The van der Waals surface area contributed by atoms with Crippen LogP contribution >= 0.6 is 27.5 Å². The molecule has 11 heteroatoms. The summed E-state index contributed by atoms with van der Waals surface area (Å²) in [5.41, 5.74) is 2.89. The van der Waals surface area contributed by atoms with E-state index in [1.54, 1.807) is 42.5 Å². The molecule has 49 heavy (non-hydrogen) atoms. The minimum Gasteiger partial charge on any atom is -0.496 e. The van der Waals surface area contributed by atoms with E-state index in [0.717, 1.165) is 53.1 Å². The predicted molar refractivity (Wildman–Crippen MR) is 197 cm³/mol. The van der Waals surface area contributed by atoms with Gasteiger partial charge >= 0.3 is 0 Å². The fourth-order valence-corrected chi connectivity index (χ4v) is 8.32. The fraction of sp³-hybridized carbons (Fsp3) is 0.316. The van der Waals surface area contributed by atoms with E-state index in [4.69, 9.17) is 16.3 Å². The van der Waals surface area contributed by atoms with Crippen LogP contribution in [0.5, 0.6) is 5.75 Å². The van der Waals surface area contributed by atoms with Crippen molar-refractivity contribution in [2.75, 3.05) is 18.0 Å². The highest BCUT2D eigenvalue weighted by Gasteiger charge is 2.35. The van der Waals surface area contributed by atoms with E-state index < -0.39 is 28.5 Å². The van der Waals surface area contributed by atoms with E-state index in [2.05, 4.69) is 21.2 Å². The minimum absolute atomic E-state index is 0.0185. The Bertz CT molecular complexity index is 1830. The molecule has 1 N–H and O–H groups in total. The molecule has 1 aliphatic rings. The van der Waals surface area contributed by atoms with Gasteiger partial charge in [0.05, 0.1) is 22.2 Å². The van der Waals surface area contributed by atoms with E-state index >= 15 is 0 Å². The summed E-state index contributed by atoms with van der Waals surface area (Å²) in [5.74, 6) is -0.313. The molecule has 0 heterocycles. The Hall–Kier alpha value is -3.86. The first kappa shape index (κ1) is 36.4. The zero-order chi connectivity index (χ0) is 35.0. The van der Waals surface area contributed by atoms with Gasteiger partial charge in [-0.1, -0.05) is 91.0 Å². The molecule has 1 atom stereocenters. The Morgan fingerprint density at radius 3 is 2.22 bits per heavy atom. The molecule has 2 amide bonds. The van der Waals surface area contributed by atoms with Crippen LogP contribution in [-0.4, -0.2) is 50.9 Å². The van der Waals surface area contributed by atoms with Crippen LogP contribution in [0.1, 0.15) is 48.8 Å². The highest BCUT2D eigenvalue weighted by atomic mass is 79.9. The Morgan fingerprint density at radius 2 is 1.59 bits per heavy atom. The molecule has 0 aromatic heterocycles. The lowest BCUT2D eigenvalue weighted by molar-refractivity contribution is -0.140. The van der Waals surface area contributed by atoms with Gasteiger partial charge in [-0.25, -0.2) is 8.42 Å². The van der Waals surface area contributed by atoms with E-state index in [1.165, 1.54) is 24.1 Å². The number of ether oxygens (including phenoxy) is 1. The van der Waals surface area contributed by atoms with Crippen LogP contribution in [0.25, 0.3) is 0 Å². The van der Waals surface area contributed by atoms with Crippen molar-refractivity contribution in [2.24, 2.45) is 0 Å². The summed E-state index contributed by atoms with van der Waals surface area (Å²) in [6.45, 7) is 1.44. The second-order valence-electron chi connectivity index (χ2n) is 12.3. The molecule has 1 saturated carbocycles. The van der Waals surface area contributed by atoms with Gasteiger partial charge in [-0.3, -0.25) is 13.9 Å². The van der Waals surface area contributed by atoms with E-state index in [0.29, 0.717) is 20.9 Å². The second-order valence-corrected chi connectivity index (χ2v) is 15.5. The SMILES string of the molecule is COc1ccc(S(=O)(=O)N(CC(=O)N(Cc2ccc(Cl)cc2)[C@@H](Cc2ccccc2)C(=O)NC2CCCCC2)c2ccc(C)cc2)cc1Br. The van der Waals surface area contributed by atoms with Crippen molar-refractivity contribution < 1.29 is 22.7 Å². The highest BCUT2D eigenvalue weighted by Crippen LogP contribution is 2.31.